The summed E-state index contributed by atoms with van der Waals surface area (Å²) in [6, 6.07) is 5.66. The monoisotopic (exact) mass is 279 g/mol. The number of hydrogen-bond donors (Lipinski definition) is 1. The van der Waals surface area contributed by atoms with Crippen molar-refractivity contribution in [3.63, 3.8) is 0 Å². The molecule has 0 saturated carbocycles. The third-order valence-electron chi connectivity index (χ3n) is 2.06. The Balaban J connectivity index is 2.51. The van der Waals surface area contributed by atoms with E-state index in [4.69, 9.17) is 23.2 Å². The predicted octanol–water partition coefficient (Wildman–Crippen LogP) is 2.85. The summed E-state index contributed by atoms with van der Waals surface area (Å²) in [5.74, 6) is 0.647. The van der Waals surface area contributed by atoms with Gasteiger partial charge in [0.1, 0.15) is 0 Å². The Morgan fingerprint density at radius 3 is 2.38 bits per heavy atom. The second-order valence-corrected chi connectivity index (χ2v) is 6.15. The van der Waals surface area contributed by atoms with Gasteiger partial charge < -0.3 is 5.32 Å². The number of rotatable bonds is 5. The first-order chi connectivity index (χ1) is 7.47. The lowest BCUT2D eigenvalue weighted by atomic mass is 10.2. The molecule has 2 atom stereocenters. The second-order valence-electron chi connectivity index (χ2n) is 3.80. The van der Waals surface area contributed by atoms with E-state index in [9.17, 15) is 4.21 Å². The third kappa shape index (κ3) is 5.30. The van der Waals surface area contributed by atoms with E-state index in [0.29, 0.717) is 22.3 Å². The molecule has 1 N–H and O–H groups in total. The van der Waals surface area contributed by atoms with Crippen molar-refractivity contribution in [2.24, 2.45) is 0 Å². The Labute approximate surface area is 109 Å². The van der Waals surface area contributed by atoms with Crippen LogP contribution in [0.2, 0.25) is 10.0 Å². The summed E-state index contributed by atoms with van der Waals surface area (Å²) >= 11 is 11.8. The van der Waals surface area contributed by atoms with Crippen molar-refractivity contribution in [3.8, 4) is 0 Å². The Kier molecular flexibility index (Phi) is 5.76. The lowest BCUT2D eigenvalue weighted by Crippen LogP contribution is -2.30. The van der Waals surface area contributed by atoms with Crippen LogP contribution in [0, 0.1) is 0 Å². The maximum Gasteiger partial charge on any atom is 0.0424 e. The molecule has 0 bridgehead atoms. The minimum absolute atomic E-state index is 0.212. The fourth-order valence-electron chi connectivity index (χ4n) is 1.42. The van der Waals surface area contributed by atoms with Crippen LogP contribution in [0.1, 0.15) is 12.5 Å². The van der Waals surface area contributed by atoms with Crippen LogP contribution < -0.4 is 5.32 Å². The largest absolute Gasteiger partial charge is 0.309 e. The highest BCUT2D eigenvalue weighted by Gasteiger charge is 2.04. The topological polar surface area (TPSA) is 29.1 Å². The molecule has 0 spiro atoms. The highest BCUT2D eigenvalue weighted by molar-refractivity contribution is 7.84. The van der Waals surface area contributed by atoms with Gasteiger partial charge in [0.2, 0.25) is 0 Å². The first kappa shape index (κ1) is 14.0. The van der Waals surface area contributed by atoms with Gasteiger partial charge >= 0.3 is 0 Å². The zero-order valence-corrected chi connectivity index (χ0v) is 11.6. The van der Waals surface area contributed by atoms with Gasteiger partial charge in [-0.05, 0) is 30.7 Å². The fourth-order valence-corrected chi connectivity index (χ4v) is 2.81. The van der Waals surface area contributed by atoms with E-state index in [2.05, 4.69) is 5.32 Å². The summed E-state index contributed by atoms with van der Waals surface area (Å²) in [4.78, 5) is 0. The molecule has 0 fully saturated rings. The summed E-state index contributed by atoms with van der Waals surface area (Å²) in [6.45, 7) is 2.69. The molecular formula is C11H15Cl2NOS. The number of nitrogens with one attached hydrogen (secondary N) is 1. The molecule has 16 heavy (non-hydrogen) atoms. The Morgan fingerprint density at radius 1 is 1.31 bits per heavy atom. The molecule has 0 aromatic heterocycles. The molecule has 90 valence electrons. The van der Waals surface area contributed by atoms with Gasteiger partial charge in [0.15, 0.2) is 0 Å². The highest BCUT2D eigenvalue weighted by atomic mass is 35.5. The van der Waals surface area contributed by atoms with Crippen molar-refractivity contribution in [2.75, 3.05) is 12.0 Å². The average Bonchev–Trinajstić information content (AvgIpc) is 2.12. The van der Waals surface area contributed by atoms with Crippen molar-refractivity contribution in [2.45, 2.75) is 19.5 Å². The van der Waals surface area contributed by atoms with Crippen molar-refractivity contribution in [1.82, 2.24) is 5.32 Å². The SMILES string of the molecule is CC(CS(C)=O)NCc1cc(Cl)cc(Cl)c1. The lowest BCUT2D eigenvalue weighted by molar-refractivity contribution is 0.587. The summed E-state index contributed by atoms with van der Waals surface area (Å²) in [5, 5.41) is 4.54. The molecule has 0 aliphatic rings. The predicted molar refractivity (Wildman–Crippen MR) is 71.7 cm³/mol. The molecule has 1 aromatic carbocycles. The number of hydrogen-bond acceptors (Lipinski definition) is 2. The van der Waals surface area contributed by atoms with Crippen molar-refractivity contribution < 1.29 is 4.21 Å². The summed E-state index contributed by atoms with van der Waals surface area (Å²) in [7, 11) is -0.777. The maximum atomic E-state index is 11.0. The zero-order valence-electron chi connectivity index (χ0n) is 9.30. The van der Waals surface area contributed by atoms with Gasteiger partial charge in [0, 0.05) is 45.4 Å². The molecule has 2 unspecified atom stereocenters. The maximum absolute atomic E-state index is 11.0. The molecule has 0 aliphatic heterocycles. The van der Waals surface area contributed by atoms with Gasteiger partial charge in [-0.1, -0.05) is 23.2 Å². The van der Waals surface area contributed by atoms with Gasteiger partial charge in [-0.25, -0.2) is 0 Å². The normalized spacial score (nSPS) is 14.8. The molecule has 1 rings (SSSR count). The third-order valence-corrected chi connectivity index (χ3v) is 3.47. The van der Waals surface area contributed by atoms with E-state index in [1.165, 1.54) is 0 Å². The molecule has 2 nitrogen and oxygen atoms in total. The van der Waals surface area contributed by atoms with Crippen molar-refractivity contribution >= 4 is 34.0 Å². The molecule has 0 amide bonds. The quantitative estimate of drug-likeness (QED) is 0.898. The van der Waals surface area contributed by atoms with E-state index in [1.54, 1.807) is 12.3 Å². The number of benzene rings is 1. The molecule has 0 saturated heterocycles. The standard InChI is InChI=1S/C11H15Cl2NOS/c1-8(7-16(2)15)14-6-9-3-10(12)5-11(13)4-9/h3-5,8,14H,6-7H2,1-2H3. The minimum Gasteiger partial charge on any atom is -0.309 e. The van der Waals surface area contributed by atoms with Crippen molar-refractivity contribution in [3.05, 3.63) is 33.8 Å². The van der Waals surface area contributed by atoms with E-state index < -0.39 is 10.8 Å². The smallest absolute Gasteiger partial charge is 0.0424 e. The van der Waals surface area contributed by atoms with E-state index in [1.807, 2.05) is 19.1 Å². The molecule has 1 aromatic rings. The van der Waals surface area contributed by atoms with Gasteiger partial charge in [0.25, 0.3) is 0 Å². The molecular weight excluding hydrogens is 265 g/mol. The van der Waals surface area contributed by atoms with Gasteiger partial charge in [0.05, 0.1) is 0 Å². The zero-order chi connectivity index (χ0) is 12.1. The minimum atomic E-state index is -0.777. The van der Waals surface area contributed by atoms with Crippen LogP contribution in [-0.2, 0) is 17.3 Å². The van der Waals surface area contributed by atoms with Crippen LogP contribution in [0.5, 0.6) is 0 Å². The van der Waals surface area contributed by atoms with Crippen LogP contribution >= 0.6 is 23.2 Å². The first-order valence-electron chi connectivity index (χ1n) is 4.95. The van der Waals surface area contributed by atoms with E-state index in [0.717, 1.165) is 5.56 Å². The summed E-state index contributed by atoms with van der Waals surface area (Å²) in [6.07, 6.45) is 1.70. The Hall–Kier alpha value is -0.0900. The van der Waals surface area contributed by atoms with Crippen LogP contribution in [0.25, 0.3) is 0 Å². The molecule has 0 radical (unpaired) electrons. The second kappa shape index (κ2) is 6.60. The lowest BCUT2D eigenvalue weighted by Gasteiger charge is -2.12. The van der Waals surface area contributed by atoms with Crippen molar-refractivity contribution in [1.29, 1.82) is 0 Å². The van der Waals surface area contributed by atoms with Crippen LogP contribution in [0.15, 0.2) is 18.2 Å². The average molecular weight is 280 g/mol. The molecule has 0 heterocycles. The van der Waals surface area contributed by atoms with Gasteiger partial charge in [-0.15, -0.1) is 0 Å². The Bertz CT molecular complexity index is 364. The van der Waals surface area contributed by atoms with Gasteiger partial charge in [-0.2, -0.15) is 0 Å². The highest BCUT2D eigenvalue weighted by Crippen LogP contribution is 2.18. The first-order valence-corrected chi connectivity index (χ1v) is 7.44. The van der Waals surface area contributed by atoms with Crippen LogP contribution in [0.4, 0.5) is 0 Å². The van der Waals surface area contributed by atoms with Gasteiger partial charge in [-0.3, -0.25) is 4.21 Å². The van der Waals surface area contributed by atoms with Crippen LogP contribution in [-0.4, -0.2) is 22.3 Å². The van der Waals surface area contributed by atoms with E-state index in [-0.39, 0.29) is 6.04 Å². The molecule has 5 heteroatoms. The fraction of sp³-hybridized carbons (Fsp3) is 0.455. The van der Waals surface area contributed by atoms with E-state index >= 15 is 0 Å². The Morgan fingerprint density at radius 2 is 1.88 bits per heavy atom. The summed E-state index contributed by atoms with van der Waals surface area (Å²) < 4.78 is 11.0. The molecule has 0 aliphatic carbocycles. The summed E-state index contributed by atoms with van der Waals surface area (Å²) in [5.41, 5.74) is 1.03. The van der Waals surface area contributed by atoms with Crippen LogP contribution in [0.3, 0.4) is 0 Å². The number of halogens is 2.